The van der Waals surface area contributed by atoms with Crippen LogP contribution in [0.5, 0.6) is 0 Å². The van der Waals surface area contributed by atoms with E-state index in [-0.39, 0.29) is 25.5 Å². The number of carbonyl (C=O) groups is 4. The Morgan fingerprint density at radius 3 is 2.78 bits per heavy atom. The topological polar surface area (TPSA) is 102 Å². The molecule has 0 saturated carbocycles. The summed E-state index contributed by atoms with van der Waals surface area (Å²) >= 11 is 1.41. The van der Waals surface area contributed by atoms with Crippen molar-refractivity contribution >= 4 is 35.1 Å². The van der Waals surface area contributed by atoms with Crippen molar-refractivity contribution in [3.63, 3.8) is 0 Å². The second kappa shape index (κ2) is 10.7. The van der Waals surface area contributed by atoms with Gasteiger partial charge >= 0.3 is 11.9 Å². The van der Waals surface area contributed by atoms with E-state index in [1.165, 1.54) is 16.2 Å². The number of carbonyl (C=O) groups excluding carboxylic acids is 4. The molecule has 1 aliphatic rings. The van der Waals surface area contributed by atoms with Crippen molar-refractivity contribution in [2.24, 2.45) is 0 Å². The van der Waals surface area contributed by atoms with Gasteiger partial charge in [-0.05, 0) is 37.6 Å². The second-order valence-electron chi connectivity index (χ2n) is 6.03. The number of hydrogen-bond acceptors (Lipinski definition) is 7. The van der Waals surface area contributed by atoms with Crippen molar-refractivity contribution in [1.82, 2.24) is 10.2 Å². The molecule has 0 spiro atoms. The van der Waals surface area contributed by atoms with E-state index in [1.807, 2.05) is 0 Å². The van der Waals surface area contributed by atoms with Crippen molar-refractivity contribution in [1.29, 1.82) is 0 Å². The van der Waals surface area contributed by atoms with Crippen LogP contribution in [0, 0.1) is 0 Å². The lowest BCUT2D eigenvalue weighted by Crippen LogP contribution is -2.50. The zero-order valence-corrected chi connectivity index (χ0v) is 16.1. The third kappa shape index (κ3) is 6.35. The number of amides is 2. The summed E-state index contributed by atoms with van der Waals surface area (Å²) in [5.74, 6) is -1.68. The van der Waals surface area contributed by atoms with Gasteiger partial charge in [0.1, 0.15) is 6.04 Å². The van der Waals surface area contributed by atoms with Crippen LogP contribution in [0.4, 0.5) is 0 Å². The largest absolute Gasteiger partial charge is 0.464 e. The molecule has 1 atom stereocenters. The molecule has 1 N–H and O–H groups in total. The first-order chi connectivity index (χ1) is 13.0. The number of ether oxygens (including phenoxy) is 2. The van der Waals surface area contributed by atoms with E-state index in [0.29, 0.717) is 18.5 Å². The molecule has 148 valence electrons. The Labute approximate surface area is 161 Å². The number of nitrogens with zero attached hydrogens (tertiary/aromatic N) is 1. The van der Waals surface area contributed by atoms with Gasteiger partial charge in [0.25, 0.3) is 11.8 Å². The molecule has 2 rings (SSSR count). The lowest BCUT2D eigenvalue weighted by molar-refractivity contribution is -0.160. The third-order valence-electron chi connectivity index (χ3n) is 4.14. The highest BCUT2D eigenvalue weighted by Crippen LogP contribution is 2.18. The maximum Gasteiger partial charge on any atom is 0.328 e. The Morgan fingerprint density at radius 2 is 2.07 bits per heavy atom. The zero-order chi connectivity index (χ0) is 19.6. The highest BCUT2D eigenvalue weighted by molar-refractivity contribution is 7.08. The van der Waals surface area contributed by atoms with Crippen LogP contribution in [0.25, 0.3) is 0 Å². The van der Waals surface area contributed by atoms with E-state index in [1.54, 1.807) is 23.8 Å². The van der Waals surface area contributed by atoms with E-state index < -0.39 is 30.5 Å². The molecule has 1 saturated heterocycles. The molecule has 1 aromatic heterocycles. The van der Waals surface area contributed by atoms with Crippen LogP contribution < -0.4 is 5.32 Å². The standard InChI is InChI=1S/C18H24N2O6S/c1-2-25-18(24)14-5-3-4-9-20(14)15(21)11-26-16(22)6-8-19-17(23)13-7-10-27-12-13/h7,10,12,14H,2-6,8-9,11H2,1H3,(H,19,23). The van der Waals surface area contributed by atoms with Crippen LogP contribution in [0.1, 0.15) is 43.0 Å². The number of piperidine rings is 1. The molecule has 9 heteroatoms. The number of nitrogens with one attached hydrogen (secondary N) is 1. The summed E-state index contributed by atoms with van der Waals surface area (Å²) in [4.78, 5) is 49.3. The Hall–Kier alpha value is -2.42. The van der Waals surface area contributed by atoms with Gasteiger partial charge in [0.2, 0.25) is 0 Å². The van der Waals surface area contributed by atoms with Gasteiger partial charge in [-0.15, -0.1) is 0 Å². The lowest BCUT2D eigenvalue weighted by atomic mass is 10.0. The van der Waals surface area contributed by atoms with Crippen LogP contribution >= 0.6 is 11.3 Å². The van der Waals surface area contributed by atoms with Crippen molar-refractivity contribution < 1.29 is 28.7 Å². The molecule has 0 aromatic carbocycles. The molecule has 0 aliphatic carbocycles. The van der Waals surface area contributed by atoms with E-state index in [4.69, 9.17) is 9.47 Å². The summed E-state index contributed by atoms with van der Waals surface area (Å²) in [6, 6.07) is 1.07. The summed E-state index contributed by atoms with van der Waals surface area (Å²) in [6.45, 7) is 2.11. The molecule has 1 aliphatic heterocycles. The first-order valence-electron chi connectivity index (χ1n) is 8.95. The molecular formula is C18H24N2O6S. The number of thiophene rings is 1. The van der Waals surface area contributed by atoms with Crippen LogP contribution in [0.3, 0.4) is 0 Å². The smallest absolute Gasteiger partial charge is 0.328 e. The summed E-state index contributed by atoms with van der Waals surface area (Å²) in [6.07, 6.45) is 2.15. The summed E-state index contributed by atoms with van der Waals surface area (Å²) in [7, 11) is 0. The summed E-state index contributed by atoms with van der Waals surface area (Å²) in [5.41, 5.74) is 0.540. The van der Waals surface area contributed by atoms with Crippen LogP contribution in [-0.2, 0) is 23.9 Å². The van der Waals surface area contributed by atoms with E-state index >= 15 is 0 Å². The Kier molecular flexibility index (Phi) is 8.25. The van der Waals surface area contributed by atoms with Gasteiger partial charge < -0.3 is 19.7 Å². The van der Waals surface area contributed by atoms with Gasteiger partial charge in [0, 0.05) is 24.0 Å². The predicted octanol–water partition coefficient (Wildman–Crippen LogP) is 1.36. The van der Waals surface area contributed by atoms with Gasteiger partial charge in [-0.3, -0.25) is 14.4 Å². The maximum atomic E-state index is 12.3. The van der Waals surface area contributed by atoms with Gasteiger partial charge in [-0.1, -0.05) is 0 Å². The highest BCUT2D eigenvalue weighted by atomic mass is 32.1. The second-order valence-corrected chi connectivity index (χ2v) is 6.81. The molecule has 2 amide bonds. The first kappa shape index (κ1) is 20.9. The first-order valence-corrected chi connectivity index (χ1v) is 9.89. The van der Waals surface area contributed by atoms with Crippen LogP contribution in [-0.4, -0.2) is 61.0 Å². The molecule has 8 nitrogen and oxygen atoms in total. The zero-order valence-electron chi connectivity index (χ0n) is 15.3. The predicted molar refractivity (Wildman–Crippen MR) is 98.2 cm³/mol. The minimum atomic E-state index is -0.616. The van der Waals surface area contributed by atoms with E-state index in [2.05, 4.69) is 5.32 Å². The Bertz CT molecular complexity index is 661. The molecule has 1 unspecified atom stereocenters. The third-order valence-corrected chi connectivity index (χ3v) is 4.82. The number of esters is 2. The quantitative estimate of drug-likeness (QED) is 0.666. The van der Waals surface area contributed by atoms with Crippen molar-refractivity contribution in [2.75, 3.05) is 26.3 Å². The average Bonchev–Trinajstić information content (AvgIpc) is 3.21. The van der Waals surface area contributed by atoms with Gasteiger partial charge in [0.15, 0.2) is 6.61 Å². The van der Waals surface area contributed by atoms with Gasteiger partial charge in [-0.25, -0.2) is 4.79 Å². The van der Waals surface area contributed by atoms with Crippen molar-refractivity contribution in [3.05, 3.63) is 22.4 Å². The highest BCUT2D eigenvalue weighted by Gasteiger charge is 2.33. The van der Waals surface area contributed by atoms with Crippen molar-refractivity contribution in [3.8, 4) is 0 Å². The summed E-state index contributed by atoms with van der Waals surface area (Å²) in [5, 5.41) is 6.12. The Morgan fingerprint density at radius 1 is 1.26 bits per heavy atom. The maximum absolute atomic E-state index is 12.3. The molecule has 0 bridgehead atoms. The molecular weight excluding hydrogens is 372 g/mol. The lowest BCUT2D eigenvalue weighted by Gasteiger charge is -2.33. The fraction of sp³-hybridized carbons (Fsp3) is 0.556. The van der Waals surface area contributed by atoms with Crippen LogP contribution in [0.2, 0.25) is 0 Å². The average molecular weight is 396 g/mol. The Balaban J connectivity index is 1.72. The monoisotopic (exact) mass is 396 g/mol. The number of likely N-dealkylation sites (tertiary alicyclic amines) is 1. The van der Waals surface area contributed by atoms with E-state index in [9.17, 15) is 19.2 Å². The van der Waals surface area contributed by atoms with Crippen molar-refractivity contribution in [2.45, 2.75) is 38.6 Å². The van der Waals surface area contributed by atoms with Gasteiger partial charge in [-0.2, -0.15) is 11.3 Å². The number of hydrogen-bond donors (Lipinski definition) is 1. The normalized spacial score (nSPS) is 16.5. The molecule has 1 aromatic rings. The number of rotatable bonds is 8. The van der Waals surface area contributed by atoms with Gasteiger partial charge in [0.05, 0.1) is 13.0 Å². The molecule has 1 fully saturated rings. The molecule has 2 heterocycles. The SMILES string of the molecule is CCOC(=O)C1CCCCN1C(=O)COC(=O)CCNC(=O)c1ccsc1. The van der Waals surface area contributed by atoms with Crippen LogP contribution in [0.15, 0.2) is 16.8 Å². The fourth-order valence-corrected chi connectivity index (χ4v) is 3.42. The fourth-order valence-electron chi connectivity index (χ4n) is 2.78. The summed E-state index contributed by atoms with van der Waals surface area (Å²) < 4.78 is 10.00. The minimum Gasteiger partial charge on any atom is -0.464 e. The molecule has 27 heavy (non-hydrogen) atoms. The van der Waals surface area contributed by atoms with E-state index in [0.717, 1.165) is 12.8 Å². The molecule has 0 radical (unpaired) electrons. The minimum absolute atomic E-state index is 0.0372.